The number of methoxy groups -OCH3 is 2. The van der Waals surface area contributed by atoms with Crippen molar-refractivity contribution in [1.82, 2.24) is 4.72 Å². The van der Waals surface area contributed by atoms with Gasteiger partial charge in [-0.1, -0.05) is 12.8 Å². The normalized spacial score (nSPS) is 16.5. The van der Waals surface area contributed by atoms with Gasteiger partial charge in [0.15, 0.2) is 11.5 Å². The maximum atomic E-state index is 12.8. The summed E-state index contributed by atoms with van der Waals surface area (Å²) in [5.74, 6) is 1.22. The highest BCUT2D eigenvalue weighted by Crippen LogP contribution is 2.33. The second kappa shape index (κ2) is 8.89. The molecule has 0 heterocycles. The summed E-state index contributed by atoms with van der Waals surface area (Å²) < 4.78 is 38.8. The quantitative estimate of drug-likeness (QED) is 0.759. The molecular formula is C16H27ClN2O4S. The van der Waals surface area contributed by atoms with E-state index in [0.29, 0.717) is 29.5 Å². The van der Waals surface area contributed by atoms with Crippen LogP contribution in [0.4, 0.5) is 0 Å². The smallest absolute Gasteiger partial charge is 0.241 e. The predicted octanol–water partition coefficient (Wildman–Crippen LogP) is 2.23. The molecule has 8 heteroatoms. The van der Waals surface area contributed by atoms with Crippen LogP contribution in [0.2, 0.25) is 0 Å². The molecule has 1 atom stereocenters. The number of halogens is 1. The van der Waals surface area contributed by atoms with Crippen LogP contribution in [-0.2, 0) is 10.0 Å². The van der Waals surface area contributed by atoms with Crippen LogP contribution in [0, 0.1) is 12.8 Å². The number of benzene rings is 1. The molecule has 24 heavy (non-hydrogen) atoms. The van der Waals surface area contributed by atoms with Crippen LogP contribution < -0.4 is 19.9 Å². The lowest BCUT2D eigenvalue weighted by atomic mass is 9.99. The molecule has 0 aromatic heterocycles. The first kappa shape index (κ1) is 21.0. The SMILES string of the molecule is COc1cc(C)c(S(=O)(=O)NC(CN)C2CCCC2)cc1OC.Cl. The van der Waals surface area contributed by atoms with Crippen molar-refractivity contribution in [2.45, 2.75) is 43.5 Å². The summed E-state index contributed by atoms with van der Waals surface area (Å²) in [5, 5.41) is 0. The number of rotatable bonds is 7. The lowest BCUT2D eigenvalue weighted by Gasteiger charge is -2.23. The van der Waals surface area contributed by atoms with E-state index in [1.54, 1.807) is 13.0 Å². The summed E-state index contributed by atoms with van der Waals surface area (Å²) in [4.78, 5) is 0.201. The minimum absolute atomic E-state index is 0. The van der Waals surface area contributed by atoms with Crippen molar-refractivity contribution in [3.63, 3.8) is 0 Å². The van der Waals surface area contributed by atoms with Gasteiger partial charge < -0.3 is 15.2 Å². The molecule has 1 aliphatic carbocycles. The number of nitrogens with one attached hydrogen (secondary N) is 1. The van der Waals surface area contributed by atoms with Crippen molar-refractivity contribution >= 4 is 22.4 Å². The van der Waals surface area contributed by atoms with Crippen LogP contribution in [0.1, 0.15) is 31.2 Å². The molecule has 138 valence electrons. The van der Waals surface area contributed by atoms with E-state index < -0.39 is 10.0 Å². The average molecular weight is 379 g/mol. The van der Waals surface area contributed by atoms with Gasteiger partial charge in [0.2, 0.25) is 10.0 Å². The first-order valence-electron chi connectivity index (χ1n) is 7.88. The van der Waals surface area contributed by atoms with E-state index in [1.165, 1.54) is 20.3 Å². The Balaban J connectivity index is 0.00000288. The van der Waals surface area contributed by atoms with Crippen molar-refractivity contribution in [3.05, 3.63) is 17.7 Å². The molecule has 1 fully saturated rings. The van der Waals surface area contributed by atoms with Gasteiger partial charge in [0, 0.05) is 18.7 Å². The molecule has 6 nitrogen and oxygen atoms in total. The number of nitrogens with two attached hydrogens (primary N) is 1. The van der Waals surface area contributed by atoms with Gasteiger partial charge in [0.05, 0.1) is 19.1 Å². The molecular weight excluding hydrogens is 352 g/mol. The third-order valence-corrected chi connectivity index (χ3v) is 6.13. The van der Waals surface area contributed by atoms with Gasteiger partial charge in [-0.15, -0.1) is 12.4 Å². The minimum atomic E-state index is -3.66. The van der Waals surface area contributed by atoms with Crippen LogP contribution in [0.15, 0.2) is 17.0 Å². The molecule has 1 saturated carbocycles. The van der Waals surface area contributed by atoms with Gasteiger partial charge in [-0.3, -0.25) is 0 Å². The Hall–Kier alpha value is -1.02. The molecule has 0 radical (unpaired) electrons. The summed E-state index contributed by atoms with van der Waals surface area (Å²) in [6.07, 6.45) is 4.32. The second-order valence-corrected chi connectivity index (χ2v) is 7.66. The molecule has 3 N–H and O–H groups in total. The molecule has 0 spiro atoms. The molecule has 1 aromatic rings. The maximum Gasteiger partial charge on any atom is 0.241 e. The first-order valence-corrected chi connectivity index (χ1v) is 9.36. The van der Waals surface area contributed by atoms with Crippen molar-refractivity contribution < 1.29 is 17.9 Å². The van der Waals surface area contributed by atoms with Crippen LogP contribution in [0.25, 0.3) is 0 Å². The molecule has 1 unspecified atom stereocenters. The van der Waals surface area contributed by atoms with Crippen LogP contribution in [-0.4, -0.2) is 35.2 Å². The van der Waals surface area contributed by atoms with Crippen molar-refractivity contribution in [3.8, 4) is 11.5 Å². The van der Waals surface area contributed by atoms with Gasteiger partial charge >= 0.3 is 0 Å². The van der Waals surface area contributed by atoms with Crippen molar-refractivity contribution in [1.29, 1.82) is 0 Å². The number of sulfonamides is 1. The van der Waals surface area contributed by atoms with E-state index in [2.05, 4.69) is 4.72 Å². The fraction of sp³-hybridized carbons (Fsp3) is 0.625. The van der Waals surface area contributed by atoms with E-state index in [4.69, 9.17) is 15.2 Å². The highest BCUT2D eigenvalue weighted by Gasteiger charge is 2.29. The molecule has 0 amide bonds. The molecule has 1 aliphatic rings. The van der Waals surface area contributed by atoms with Crippen LogP contribution in [0.3, 0.4) is 0 Å². The number of hydrogen-bond acceptors (Lipinski definition) is 5. The molecule has 0 aliphatic heterocycles. The van der Waals surface area contributed by atoms with E-state index in [-0.39, 0.29) is 23.3 Å². The second-order valence-electron chi connectivity index (χ2n) is 5.98. The van der Waals surface area contributed by atoms with E-state index >= 15 is 0 Å². The number of hydrogen-bond donors (Lipinski definition) is 2. The lowest BCUT2D eigenvalue weighted by molar-refractivity contribution is 0.353. The summed E-state index contributed by atoms with van der Waals surface area (Å²) in [7, 11) is -0.656. The van der Waals surface area contributed by atoms with Crippen LogP contribution >= 0.6 is 12.4 Å². The average Bonchev–Trinajstić information content (AvgIpc) is 3.06. The van der Waals surface area contributed by atoms with Gasteiger partial charge in [-0.2, -0.15) is 0 Å². The summed E-state index contributed by atoms with van der Waals surface area (Å²) >= 11 is 0. The monoisotopic (exact) mass is 378 g/mol. The highest BCUT2D eigenvalue weighted by atomic mass is 35.5. The lowest BCUT2D eigenvalue weighted by Crippen LogP contribution is -2.44. The van der Waals surface area contributed by atoms with E-state index in [9.17, 15) is 8.42 Å². The Morgan fingerprint density at radius 2 is 1.75 bits per heavy atom. The summed E-state index contributed by atoms with van der Waals surface area (Å²) in [6.45, 7) is 2.04. The predicted molar refractivity (Wildman–Crippen MR) is 96.7 cm³/mol. The van der Waals surface area contributed by atoms with Crippen LogP contribution in [0.5, 0.6) is 11.5 Å². The Morgan fingerprint density at radius 3 is 2.25 bits per heavy atom. The third-order valence-electron chi connectivity index (χ3n) is 4.50. The Kier molecular flexibility index (Phi) is 7.79. The molecule has 0 saturated heterocycles. The number of aryl methyl sites for hydroxylation is 1. The van der Waals surface area contributed by atoms with E-state index in [0.717, 1.165) is 25.7 Å². The third kappa shape index (κ3) is 4.53. The zero-order valence-electron chi connectivity index (χ0n) is 14.4. The zero-order chi connectivity index (χ0) is 17.0. The summed E-state index contributed by atoms with van der Waals surface area (Å²) in [5.41, 5.74) is 6.41. The van der Waals surface area contributed by atoms with Gasteiger partial charge in [0.25, 0.3) is 0 Å². The fourth-order valence-electron chi connectivity index (χ4n) is 3.21. The van der Waals surface area contributed by atoms with Crippen molar-refractivity contribution in [2.75, 3.05) is 20.8 Å². The van der Waals surface area contributed by atoms with Crippen molar-refractivity contribution in [2.24, 2.45) is 11.7 Å². The Bertz CT molecular complexity index is 646. The standard InChI is InChI=1S/C16H26N2O4S.ClH/c1-11-8-14(21-2)15(22-3)9-16(11)23(19,20)18-13(10-17)12-6-4-5-7-12;/h8-9,12-13,18H,4-7,10,17H2,1-3H3;1H. The van der Waals surface area contributed by atoms with Gasteiger partial charge in [-0.25, -0.2) is 13.1 Å². The zero-order valence-corrected chi connectivity index (χ0v) is 16.0. The van der Waals surface area contributed by atoms with Gasteiger partial charge in [0.1, 0.15) is 0 Å². The molecule has 0 bridgehead atoms. The molecule has 2 rings (SSSR count). The number of ether oxygens (including phenoxy) is 2. The molecule has 1 aromatic carbocycles. The Morgan fingerprint density at radius 1 is 1.21 bits per heavy atom. The fourth-order valence-corrected chi connectivity index (χ4v) is 4.77. The maximum absolute atomic E-state index is 12.8. The first-order chi connectivity index (χ1) is 10.9. The highest BCUT2D eigenvalue weighted by molar-refractivity contribution is 7.89. The van der Waals surface area contributed by atoms with E-state index in [1.807, 2.05) is 0 Å². The topological polar surface area (TPSA) is 90.7 Å². The van der Waals surface area contributed by atoms with Gasteiger partial charge in [-0.05, 0) is 37.3 Å². The largest absolute Gasteiger partial charge is 0.493 e. The Labute approximate surface area is 150 Å². The summed E-state index contributed by atoms with van der Waals surface area (Å²) in [6, 6.07) is 2.94. The minimum Gasteiger partial charge on any atom is -0.493 e.